The number of carbonyl (C=O) groups is 1. The zero-order chi connectivity index (χ0) is 25.6. The Balaban J connectivity index is 1.85. The van der Waals surface area contributed by atoms with Crippen LogP contribution in [0, 0.1) is 6.92 Å². The molecule has 0 amide bonds. The van der Waals surface area contributed by atoms with E-state index in [1.165, 1.54) is 6.08 Å². The van der Waals surface area contributed by atoms with E-state index in [0.29, 0.717) is 46.1 Å². The zero-order valence-corrected chi connectivity index (χ0v) is 21.5. The molecule has 0 fully saturated rings. The van der Waals surface area contributed by atoms with Crippen LogP contribution in [-0.2, 0) is 22.6 Å². The molecule has 0 radical (unpaired) electrons. The highest BCUT2D eigenvalue weighted by Crippen LogP contribution is 2.28. The summed E-state index contributed by atoms with van der Waals surface area (Å²) in [5, 5.41) is 11.0. The van der Waals surface area contributed by atoms with Gasteiger partial charge in [-0.1, -0.05) is 43.0 Å². The van der Waals surface area contributed by atoms with Crippen molar-refractivity contribution in [2.24, 2.45) is 0 Å². The van der Waals surface area contributed by atoms with Gasteiger partial charge in [0.05, 0.1) is 30.2 Å². The maximum Gasteiger partial charge on any atom is 0.348 e. The lowest BCUT2D eigenvalue weighted by molar-refractivity contribution is -0.0574. The number of thiophene rings is 1. The van der Waals surface area contributed by atoms with Crippen molar-refractivity contribution < 1.29 is 19.4 Å². The van der Waals surface area contributed by atoms with Crippen LogP contribution in [0.4, 0.5) is 0 Å². The number of aliphatic hydroxyl groups excluding tert-OH is 1. The van der Waals surface area contributed by atoms with Gasteiger partial charge in [-0.2, -0.15) is 0 Å². The van der Waals surface area contributed by atoms with E-state index in [0.717, 1.165) is 16.9 Å². The highest BCUT2D eigenvalue weighted by Gasteiger charge is 2.22. The molecule has 1 aromatic carbocycles. The van der Waals surface area contributed by atoms with Gasteiger partial charge >= 0.3 is 5.97 Å². The highest BCUT2D eigenvalue weighted by molar-refractivity contribution is 7.20. The fraction of sp³-hybridized carbons (Fsp3) is 0.423. The Morgan fingerprint density at radius 1 is 1.29 bits per heavy atom. The van der Waals surface area contributed by atoms with E-state index in [1.807, 2.05) is 56.0 Å². The number of carbonyl (C=O) groups excluding carboxylic acids is 1. The van der Waals surface area contributed by atoms with E-state index in [9.17, 15) is 14.7 Å². The summed E-state index contributed by atoms with van der Waals surface area (Å²) in [5.74, 6) is -0.0475. The average Bonchev–Trinajstić information content (AvgIpc) is 3.13. The largest absolute Gasteiger partial charge is 0.457 e. The fourth-order valence-electron chi connectivity index (χ4n) is 3.59. The average molecular weight is 500 g/mol. The number of H-pyrrole nitrogens is 1. The first-order valence-electron chi connectivity index (χ1n) is 11.5. The Hall–Kier alpha value is -2.85. The molecule has 0 aliphatic rings. The molecule has 2 heterocycles. The van der Waals surface area contributed by atoms with Gasteiger partial charge in [0.25, 0.3) is 5.56 Å². The molecule has 0 aliphatic carbocycles. The summed E-state index contributed by atoms with van der Waals surface area (Å²) in [6.45, 7) is 12.6. The minimum atomic E-state index is -0.719. The number of aromatic nitrogens is 2. The van der Waals surface area contributed by atoms with Crippen molar-refractivity contribution in [3.63, 3.8) is 0 Å². The molecule has 188 valence electrons. The molecule has 0 saturated heterocycles. The smallest absolute Gasteiger partial charge is 0.348 e. The lowest BCUT2D eigenvalue weighted by Gasteiger charge is -2.27. The summed E-state index contributed by atoms with van der Waals surface area (Å²) >= 11 is 1.14. The number of nitrogens with one attached hydrogen (secondary N) is 1. The molecule has 0 bridgehead atoms. The van der Waals surface area contributed by atoms with Crippen LogP contribution in [0.1, 0.15) is 47.4 Å². The molecular formula is C26H33N3O5S. The monoisotopic (exact) mass is 499 g/mol. The van der Waals surface area contributed by atoms with Crippen LogP contribution in [-0.4, -0.2) is 57.4 Å². The number of esters is 1. The van der Waals surface area contributed by atoms with Gasteiger partial charge in [-0.15, -0.1) is 11.3 Å². The van der Waals surface area contributed by atoms with Crippen LogP contribution in [0.15, 0.2) is 47.8 Å². The lowest BCUT2D eigenvalue weighted by Crippen LogP contribution is -2.37. The summed E-state index contributed by atoms with van der Waals surface area (Å²) in [6.07, 6.45) is 0.773. The maximum atomic E-state index is 12.9. The molecule has 3 aromatic rings. The molecule has 0 saturated carbocycles. The van der Waals surface area contributed by atoms with Gasteiger partial charge in [-0.3, -0.25) is 9.69 Å². The number of aliphatic hydroxyl groups is 1. The molecule has 1 atom stereocenters. The van der Waals surface area contributed by atoms with Crippen molar-refractivity contribution in [2.75, 3.05) is 19.8 Å². The number of rotatable bonds is 11. The van der Waals surface area contributed by atoms with Crippen LogP contribution < -0.4 is 5.56 Å². The van der Waals surface area contributed by atoms with Gasteiger partial charge in [0.15, 0.2) is 0 Å². The third kappa shape index (κ3) is 7.57. The number of fused-ring (bicyclic) bond motifs is 1. The van der Waals surface area contributed by atoms with Gasteiger partial charge in [0, 0.05) is 13.1 Å². The molecule has 8 nitrogen and oxygen atoms in total. The third-order valence-corrected chi connectivity index (χ3v) is 6.33. The summed E-state index contributed by atoms with van der Waals surface area (Å²) in [7, 11) is 0. The van der Waals surface area contributed by atoms with Crippen LogP contribution >= 0.6 is 11.3 Å². The number of aryl methyl sites for hydroxylation is 1. The number of benzene rings is 1. The molecular weight excluding hydrogens is 466 g/mol. The molecule has 0 spiro atoms. The zero-order valence-electron chi connectivity index (χ0n) is 20.7. The second-order valence-corrected chi connectivity index (χ2v) is 10.4. The predicted octanol–water partition coefficient (Wildman–Crippen LogP) is 3.81. The van der Waals surface area contributed by atoms with Crippen LogP contribution in [0.3, 0.4) is 0 Å². The molecule has 3 rings (SSSR count). The van der Waals surface area contributed by atoms with E-state index in [1.54, 1.807) is 6.92 Å². The summed E-state index contributed by atoms with van der Waals surface area (Å²) in [6, 6.07) is 9.88. The third-order valence-electron chi connectivity index (χ3n) is 5.17. The second kappa shape index (κ2) is 11.7. The van der Waals surface area contributed by atoms with Crippen LogP contribution in [0.5, 0.6) is 0 Å². The van der Waals surface area contributed by atoms with E-state index in [4.69, 9.17) is 9.47 Å². The molecule has 9 heteroatoms. The van der Waals surface area contributed by atoms with Crippen LogP contribution in [0.2, 0.25) is 0 Å². The number of aromatic amines is 1. The van der Waals surface area contributed by atoms with E-state index in [2.05, 4.69) is 16.5 Å². The minimum absolute atomic E-state index is 0.0945. The van der Waals surface area contributed by atoms with Gasteiger partial charge in [0.2, 0.25) is 0 Å². The lowest BCUT2D eigenvalue weighted by atomic mass is 10.2. The molecule has 2 N–H and O–H groups in total. The van der Waals surface area contributed by atoms with Crippen molar-refractivity contribution in [1.82, 2.24) is 14.9 Å². The fourth-order valence-corrected chi connectivity index (χ4v) is 4.69. The molecule has 0 aliphatic heterocycles. The van der Waals surface area contributed by atoms with Gasteiger partial charge in [-0.05, 0) is 38.8 Å². The predicted molar refractivity (Wildman–Crippen MR) is 138 cm³/mol. The topological polar surface area (TPSA) is 105 Å². The Morgan fingerprint density at radius 2 is 2.00 bits per heavy atom. The Bertz CT molecular complexity index is 1210. The van der Waals surface area contributed by atoms with E-state index in [-0.39, 0.29) is 24.4 Å². The van der Waals surface area contributed by atoms with E-state index >= 15 is 0 Å². The first-order chi connectivity index (χ1) is 16.6. The van der Waals surface area contributed by atoms with Crippen molar-refractivity contribution in [1.29, 1.82) is 0 Å². The minimum Gasteiger partial charge on any atom is -0.457 e. The Morgan fingerprint density at radius 3 is 2.66 bits per heavy atom. The normalized spacial score (nSPS) is 12.7. The molecule has 2 aromatic heterocycles. The molecule has 35 heavy (non-hydrogen) atoms. The SMILES string of the molecule is C=CCOC(=O)c1sc2nc(CN(Cc3ccccc3)CC(O)COC(C)(C)C)[nH]c(=O)c2c1C. The first-order valence-corrected chi connectivity index (χ1v) is 12.3. The Labute approximate surface area is 209 Å². The van der Waals surface area contributed by atoms with Crippen molar-refractivity contribution >= 4 is 27.5 Å². The summed E-state index contributed by atoms with van der Waals surface area (Å²) in [5.41, 5.74) is 0.956. The van der Waals surface area contributed by atoms with Gasteiger partial charge < -0.3 is 19.6 Å². The number of hydrogen-bond acceptors (Lipinski definition) is 8. The summed E-state index contributed by atoms with van der Waals surface area (Å²) in [4.78, 5) is 35.6. The van der Waals surface area contributed by atoms with E-state index < -0.39 is 12.1 Å². The highest BCUT2D eigenvalue weighted by atomic mass is 32.1. The van der Waals surface area contributed by atoms with Crippen LogP contribution in [0.25, 0.3) is 10.2 Å². The summed E-state index contributed by atoms with van der Waals surface area (Å²) < 4.78 is 10.9. The quantitative estimate of drug-likeness (QED) is 0.305. The maximum absolute atomic E-state index is 12.9. The standard InChI is InChI=1S/C26H33N3O5S/c1-6-12-33-25(32)22-17(2)21-23(31)27-20(28-24(21)35-22)15-29(13-18-10-8-7-9-11-18)14-19(30)16-34-26(3,4)5/h6-11,19,30H,1,12-16H2,2-5H3,(H,27,28,31). The van der Waals surface area contributed by atoms with Gasteiger partial charge in [0.1, 0.15) is 22.1 Å². The number of nitrogens with zero attached hydrogens (tertiary/aromatic N) is 2. The first kappa shape index (κ1) is 26.7. The molecule has 1 unspecified atom stereocenters. The van der Waals surface area contributed by atoms with Crippen molar-refractivity contribution in [3.05, 3.63) is 75.2 Å². The van der Waals surface area contributed by atoms with Crippen molar-refractivity contribution in [3.8, 4) is 0 Å². The van der Waals surface area contributed by atoms with Crippen molar-refractivity contribution in [2.45, 2.75) is 52.5 Å². The second-order valence-electron chi connectivity index (χ2n) is 9.37. The number of ether oxygens (including phenoxy) is 2. The Kier molecular flexibility index (Phi) is 8.96. The van der Waals surface area contributed by atoms with Gasteiger partial charge in [-0.25, -0.2) is 9.78 Å². The number of hydrogen-bond donors (Lipinski definition) is 2.